The fourth-order valence-corrected chi connectivity index (χ4v) is 4.68. The summed E-state index contributed by atoms with van der Waals surface area (Å²) in [6.07, 6.45) is 8.93. The third-order valence-electron chi connectivity index (χ3n) is 7.36. The van der Waals surface area contributed by atoms with Crippen molar-refractivity contribution in [3.63, 3.8) is 0 Å². The molecule has 3 aromatic rings. The lowest BCUT2D eigenvalue weighted by Gasteiger charge is -2.19. The fourth-order valence-electron chi connectivity index (χ4n) is 4.68. The molecule has 9 nitrogen and oxygen atoms in total. The van der Waals surface area contributed by atoms with E-state index in [-0.39, 0.29) is 23.5 Å². The van der Waals surface area contributed by atoms with Crippen LogP contribution < -0.4 is 16.6 Å². The van der Waals surface area contributed by atoms with Gasteiger partial charge in [0.25, 0.3) is 11.5 Å². The zero-order chi connectivity index (χ0) is 25.6. The smallest absolute Gasteiger partial charge is 0.287 e. The second kappa shape index (κ2) is 9.04. The molecule has 2 heterocycles. The second-order valence-electron chi connectivity index (χ2n) is 10.4. The minimum Gasteiger partial charge on any atom is -0.379 e. The topological polar surface area (TPSA) is 120 Å². The summed E-state index contributed by atoms with van der Waals surface area (Å²) < 4.78 is 3.50. The molecule has 2 fully saturated rings. The van der Waals surface area contributed by atoms with Crippen LogP contribution in [0.25, 0.3) is 11.1 Å². The first-order valence-electron chi connectivity index (χ1n) is 12.6. The van der Waals surface area contributed by atoms with Crippen molar-refractivity contribution in [2.45, 2.75) is 71.0 Å². The zero-order valence-electron chi connectivity index (χ0n) is 21.2. The summed E-state index contributed by atoms with van der Waals surface area (Å²) in [4.78, 5) is 34.5. The van der Waals surface area contributed by atoms with Gasteiger partial charge in [-0.2, -0.15) is 5.10 Å². The number of nitrogens with two attached hydrogens (primary N) is 1. The van der Waals surface area contributed by atoms with E-state index in [1.165, 1.54) is 12.8 Å². The Kier molecular flexibility index (Phi) is 6.02. The van der Waals surface area contributed by atoms with Gasteiger partial charge in [0.15, 0.2) is 11.7 Å². The number of rotatable bonds is 7. The molecule has 36 heavy (non-hydrogen) atoms. The lowest BCUT2D eigenvalue weighted by Crippen LogP contribution is -2.42. The highest BCUT2D eigenvalue weighted by atomic mass is 16.2. The number of nitrogens with one attached hydrogen (secondary N) is 1. The fraction of sp³-hybridized carbons (Fsp3) is 0.444. The van der Waals surface area contributed by atoms with Crippen molar-refractivity contribution in [1.29, 1.82) is 0 Å². The highest BCUT2D eigenvalue weighted by Gasteiger charge is 2.46. The maximum Gasteiger partial charge on any atom is 0.287 e. The van der Waals surface area contributed by atoms with E-state index in [2.05, 4.69) is 27.3 Å². The average molecular weight is 488 g/mol. The first-order valence-corrected chi connectivity index (χ1v) is 12.6. The second-order valence-corrected chi connectivity index (χ2v) is 10.4. The van der Waals surface area contributed by atoms with Gasteiger partial charge in [-0.25, -0.2) is 14.7 Å². The Morgan fingerprint density at radius 1 is 1.17 bits per heavy atom. The van der Waals surface area contributed by atoms with Gasteiger partial charge in [-0.3, -0.25) is 14.2 Å². The Hall–Kier alpha value is -3.75. The Labute approximate surface area is 210 Å². The molecule has 1 atom stereocenters. The number of hydrogen-bond donors (Lipinski definition) is 2. The molecule has 2 aliphatic rings. The molecule has 9 heteroatoms. The summed E-state index contributed by atoms with van der Waals surface area (Å²) in [5.74, 6) is 0.774. The summed E-state index contributed by atoms with van der Waals surface area (Å²) in [5, 5.41) is 7.56. The van der Waals surface area contributed by atoms with Gasteiger partial charge in [-0.05, 0) is 70.4 Å². The molecular formula is C27H33N7O2. The molecule has 0 radical (unpaired) electrons. The molecule has 0 aliphatic heterocycles. The quantitative estimate of drug-likeness (QED) is 0.388. The largest absolute Gasteiger partial charge is 0.379 e. The van der Waals surface area contributed by atoms with Gasteiger partial charge in [0.05, 0.1) is 29.7 Å². The number of aliphatic imine (C=N–C) groups is 1. The van der Waals surface area contributed by atoms with Gasteiger partial charge in [-0.1, -0.05) is 24.3 Å². The van der Waals surface area contributed by atoms with Gasteiger partial charge in [0, 0.05) is 17.8 Å². The van der Waals surface area contributed by atoms with Crippen molar-refractivity contribution in [2.75, 3.05) is 0 Å². The molecule has 188 valence electrons. The van der Waals surface area contributed by atoms with Crippen molar-refractivity contribution in [2.24, 2.45) is 16.6 Å². The molecule has 0 unspecified atom stereocenters. The monoisotopic (exact) mass is 487 g/mol. The number of hydrogen-bond acceptors (Lipinski definition) is 5. The van der Waals surface area contributed by atoms with E-state index in [0.29, 0.717) is 17.3 Å². The number of carbonyl (C=O) groups is 1. The molecule has 1 aromatic carbocycles. The Balaban J connectivity index is 1.34. The minimum absolute atomic E-state index is 0.0284. The summed E-state index contributed by atoms with van der Waals surface area (Å²) in [5.41, 5.74) is 8.83. The third-order valence-corrected chi connectivity index (χ3v) is 7.36. The van der Waals surface area contributed by atoms with Gasteiger partial charge in [0.2, 0.25) is 0 Å². The van der Waals surface area contributed by atoms with E-state index >= 15 is 0 Å². The highest BCUT2D eigenvalue weighted by Crippen LogP contribution is 2.46. The van der Waals surface area contributed by atoms with E-state index in [9.17, 15) is 9.59 Å². The predicted molar refractivity (Wildman–Crippen MR) is 139 cm³/mol. The van der Waals surface area contributed by atoms with E-state index in [4.69, 9.17) is 5.73 Å². The van der Waals surface area contributed by atoms with Crippen LogP contribution >= 0.6 is 0 Å². The average Bonchev–Trinajstić information content (AvgIpc) is 3.79. The Morgan fingerprint density at radius 3 is 2.47 bits per heavy atom. The SMILES string of the molecule is Cc1cnn([C@H](C)C2CC2)c1/N=C(\N)C(=O)NC1(c2ccc(-c3cncn(C(C)C)c3=O)cc2)CC1. The molecule has 2 aromatic heterocycles. The van der Waals surface area contributed by atoms with E-state index in [1.807, 2.05) is 49.7 Å². The summed E-state index contributed by atoms with van der Waals surface area (Å²) >= 11 is 0. The molecule has 3 N–H and O–H groups in total. The molecule has 0 bridgehead atoms. The molecule has 5 rings (SSSR count). The van der Waals surface area contributed by atoms with Crippen molar-refractivity contribution in [3.8, 4) is 11.1 Å². The van der Waals surface area contributed by atoms with E-state index < -0.39 is 11.4 Å². The first-order chi connectivity index (χ1) is 17.2. The number of carbonyl (C=O) groups excluding carboxylic acids is 1. The molecular weight excluding hydrogens is 454 g/mol. The molecule has 2 saturated carbocycles. The van der Waals surface area contributed by atoms with Crippen LogP contribution in [-0.4, -0.2) is 31.1 Å². The normalized spacial score (nSPS) is 17.8. The lowest BCUT2D eigenvalue weighted by atomic mass is 10.0. The molecule has 2 aliphatic carbocycles. The highest BCUT2D eigenvalue weighted by molar-refractivity contribution is 6.37. The van der Waals surface area contributed by atoms with Crippen molar-refractivity contribution >= 4 is 17.6 Å². The summed E-state index contributed by atoms with van der Waals surface area (Å²) in [6.45, 7) is 7.96. The summed E-state index contributed by atoms with van der Waals surface area (Å²) in [7, 11) is 0. The number of benzene rings is 1. The van der Waals surface area contributed by atoms with E-state index in [1.54, 1.807) is 23.3 Å². The maximum absolute atomic E-state index is 13.0. The van der Waals surface area contributed by atoms with Crippen molar-refractivity contribution in [3.05, 3.63) is 64.5 Å². The number of aryl methyl sites for hydroxylation is 1. The van der Waals surface area contributed by atoms with Crippen LogP contribution in [0.3, 0.4) is 0 Å². The van der Waals surface area contributed by atoms with Gasteiger partial charge >= 0.3 is 0 Å². The van der Waals surface area contributed by atoms with E-state index in [0.717, 1.165) is 29.5 Å². The van der Waals surface area contributed by atoms with Crippen molar-refractivity contribution < 1.29 is 4.79 Å². The minimum atomic E-state index is -0.473. The summed E-state index contributed by atoms with van der Waals surface area (Å²) in [6, 6.07) is 7.98. The van der Waals surface area contributed by atoms with Crippen LogP contribution in [-0.2, 0) is 10.3 Å². The van der Waals surface area contributed by atoms with Gasteiger partial charge in [-0.15, -0.1) is 0 Å². The predicted octanol–water partition coefficient (Wildman–Crippen LogP) is 3.76. The number of aromatic nitrogens is 4. The standard InChI is InChI=1S/C27H33N7O2/c1-16(2)33-15-29-14-22(26(33)36)20-7-9-21(10-8-20)27(11-12-27)32-25(35)23(28)31-24-17(3)13-30-34(24)18(4)19-5-6-19/h7-10,13-16,18-19H,5-6,11-12H2,1-4H3,(H2,28,31)(H,32,35)/t18-/m1/s1. The Morgan fingerprint density at radius 2 is 1.86 bits per heavy atom. The van der Waals surface area contributed by atoms with Crippen LogP contribution in [0.15, 0.2) is 52.8 Å². The van der Waals surface area contributed by atoms with Gasteiger partial charge < -0.3 is 11.1 Å². The Bertz CT molecular complexity index is 1380. The number of amidine groups is 1. The number of amides is 1. The molecule has 0 spiro atoms. The number of nitrogens with zero attached hydrogens (tertiary/aromatic N) is 5. The van der Waals surface area contributed by atoms with Crippen LogP contribution in [0.1, 0.15) is 69.7 Å². The zero-order valence-corrected chi connectivity index (χ0v) is 21.2. The van der Waals surface area contributed by atoms with Crippen LogP contribution in [0.4, 0.5) is 5.82 Å². The van der Waals surface area contributed by atoms with Crippen LogP contribution in [0.5, 0.6) is 0 Å². The van der Waals surface area contributed by atoms with Crippen LogP contribution in [0.2, 0.25) is 0 Å². The third kappa shape index (κ3) is 4.45. The molecule has 0 saturated heterocycles. The first kappa shape index (κ1) is 24.0. The van der Waals surface area contributed by atoms with Gasteiger partial charge in [0.1, 0.15) is 0 Å². The van der Waals surface area contributed by atoms with Crippen LogP contribution in [0, 0.1) is 12.8 Å². The molecule has 1 amide bonds. The maximum atomic E-state index is 13.0. The lowest BCUT2D eigenvalue weighted by molar-refractivity contribution is -0.115. The van der Waals surface area contributed by atoms with Crippen molar-refractivity contribution in [1.82, 2.24) is 24.6 Å².